The summed E-state index contributed by atoms with van der Waals surface area (Å²) >= 11 is 0. The van der Waals surface area contributed by atoms with E-state index in [9.17, 15) is 13.2 Å². The third kappa shape index (κ3) is 4.31. The Morgan fingerprint density at radius 3 is 2.50 bits per heavy atom. The standard InChI is InChI=1S/C14H22N2O3S/c1-4-6-12(5-2)16-14(17)11-8-7-10(3)13(9-11)20(15,18)19/h7-9,12H,4-6H2,1-3H3,(H,16,17)(H2,15,18,19). The van der Waals surface area contributed by atoms with Crippen LogP contribution < -0.4 is 10.5 Å². The molecule has 3 N–H and O–H groups in total. The van der Waals surface area contributed by atoms with Crippen molar-refractivity contribution in [1.82, 2.24) is 5.32 Å². The normalized spacial score (nSPS) is 13.0. The minimum Gasteiger partial charge on any atom is -0.349 e. The summed E-state index contributed by atoms with van der Waals surface area (Å²) in [6.07, 6.45) is 2.72. The molecule has 1 unspecified atom stereocenters. The molecule has 0 aromatic heterocycles. The lowest BCUT2D eigenvalue weighted by atomic mass is 10.1. The number of carbonyl (C=O) groups is 1. The van der Waals surface area contributed by atoms with E-state index in [0.29, 0.717) is 11.1 Å². The van der Waals surface area contributed by atoms with Crippen LogP contribution in [0.25, 0.3) is 0 Å². The van der Waals surface area contributed by atoms with Crippen LogP contribution in [-0.2, 0) is 10.0 Å². The monoisotopic (exact) mass is 298 g/mol. The number of carbonyl (C=O) groups excluding carboxylic acids is 1. The molecule has 0 heterocycles. The van der Waals surface area contributed by atoms with E-state index in [2.05, 4.69) is 12.2 Å². The summed E-state index contributed by atoms with van der Waals surface area (Å²) in [6, 6.07) is 4.64. The molecule has 20 heavy (non-hydrogen) atoms. The topological polar surface area (TPSA) is 89.3 Å². The number of amides is 1. The van der Waals surface area contributed by atoms with Crippen LogP contribution in [0.5, 0.6) is 0 Å². The molecular weight excluding hydrogens is 276 g/mol. The molecule has 0 aliphatic heterocycles. The van der Waals surface area contributed by atoms with Crippen molar-refractivity contribution >= 4 is 15.9 Å². The van der Waals surface area contributed by atoms with Gasteiger partial charge >= 0.3 is 0 Å². The van der Waals surface area contributed by atoms with Gasteiger partial charge < -0.3 is 5.32 Å². The van der Waals surface area contributed by atoms with E-state index < -0.39 is 10.0 Å². The maximum Gasteiger partial charge on any atom is 0.251 e. The summed E-state index contributed by atoms with van der Waals surface area (Å²) in [6.45, 7) is 5.71. The second-order valence-electron chi connectivity index (χ2n) is 4.89. The van der Waals surface area contributed by atoms with Gasteiger partial charge in [-0.25, -0.2) is 13.6 Å². The predicted molar refractivity (Wildman–Crippen MR) is 79.0 cm³/mol. The fourth-order valence-electron chi connectivity index (χ4n) is 2.04. The lowest BCUT2D eigenvalue weighted by Gasteiger charge is -2.16. The average molecular weight is 298 g/mol. The first-order valence-electron chi connectivity index (χ1n) is 6.73. The Bertz CT molecular complexity index is 582. The third-order valence-electron chi connectivity index (χ3n) is 3.22. The summed E-state index contributed by atoms with van der Waals surface area (Å²) < 4.78 is 22.9. The molecule has 0 saturated carbocycles. The molecule has 5 nitrogen and oxygen atoms in total. The van der Waals surface area contributed by atoms with Crippen LogP contribution in [0.1, 0.15) is 49.0 Å². The number of hydrogen-bond acceptors (Lipinski definition) is 3. The van der Waals surface area contributed by atoms with Crippen molar-refractivity contribution in [1.29, 1.82) is 0 Å². The van der Waals surface area contributed by atoms with E-state index in [4.69, 9.17) is 5.14 Å². The summed E-state index contributed by atoms with van der Waals surface area (Å²) in [4.78, 5) is 12.1. The van der Waals surface area contributed by atoms with Gasteiger partial charge in [-0.15, -0.1) is 0 Å². The lowest BCUT2D eigenvalue weighted by molar-refractivity contribution is 0.0933. The van der Waals surface area contributed by atoms with Gasteiger partial charge in [-0.2, -0.15) is 0 Å². The number of hydrogen-bond donors (Lipinski definition) is 2. The number of nitrogens with two attached hydrogens (primary N) is 1. The van der Waals surface area contributed by atoms with E-state index in [0.717, 1.165) is 19.3 Å². The number of sulfonamides is 1. The van der Waals surface area contributed by atoms with Gasteiger partial charge in [-0.3, -0.25) is 4.79 Å². The van der Waals surface area contributed by atoms with E-state index in [-0.39, 0.29) is 16.8 Å². The zero-order valence-corrected chi connectivity index (χ0v) is 13.0. The Morgan fingerprint density at radius 1 is 1.35 bits per heavy atom. The van der Waals surface area contributed by atoms with Crippen molar-refractivity contribution in [2.24, 2.45) is 5.14 Å². The summed E-state index contributed by atoms with van der Waals surface area (Å²) in [5.41, 5.74) is 0.846. The van der Waals surface area contributed by atoms with Crippen LogP contribution in [0, 0.1) is 6.92 Å². The second kappa shape index (κ2) is 6.85. The molecule has 112 valence electrons. The highest BCUT2D eigenvalue weighted by molar-refractivity contribution is 7.89. The molecule has 6 heteroatoms. The first-order chi connectivity index (χ1) is 9.29. The SMILES string of the molecule is CCCC(CC)NC(=O)c1ccc(C)c(S(N)(=O)=O)c1. The second-order valence-corrected chi connectivity index (χ2v) is 6.42. The van der Waals surface area contributed by atoms with E-state index in [1.54, 1.807) is 19.1 Å². The molecule has 1 rings (SSSR count). The van der Waals surface area contributed by atoms with Gasteiger partial charge in [0, 0.05) is 11.6 Å². The minimum absolute atomic E-state index is 0.00584. The van der Waals surface area contributed by atoms with E-state index >= 15 is 0 Å². The van der Waals surface area contributed by atoms with Crippen molar-refractivity contribution in [3.8, 4) is 0 Å². The Balaban J connectivity index is 3.00. The maximum atomic E-state index is 12.1. The van der Waals surface area contributed by atoms with E-state index in [1.807, 2.05) is 6.92 Å². The zero-order chi connectivity index (χ0) is 15.3. The fourth-order valence-corrected chi connectivity index (χ4v) is 2.85. The van der Waals surface area contributed by atoms with Gasteiger partial charge in [0.15, 0.2) is 0 Å². The van der Waals surface area contributed by atoms with Gasteiger partial charge in [0.25, 0.3) is 5.91 Å². The number of rotatable bonds is 6. The van der Waals surface area contributed by atoms with Gasteiger partial charge in [0.1, 0.15) is 0 Å². The van der Waals surface area contributed by atoms with Gasteiger partial charge in [0.05, 0.1) is 4.90 Å². The molecule has 0 saturated heterocycles. The molecule has 0 aliphatic carbocycles. The molecule has 1 aromatic carbocycles. The largest absolute Gasteiger partial charge is 0.349 e. The molecule has 1 atom stereocenters. The fraction of sp³-hybridized carbons (Fsp3) is 0.500. The molecule has 0 radical (unpaired) electrons. The summed E-state index contributed by atoms with van der Waals surface area (Å²) in [5, 5.41) is 8.05. The zero-order valence-electron chi connectivity index (χ0n) is 12.1. The molecule has 0 aliphatic rings. The van der Waals surface area contributed by atoms with Gasteiger partial charge in [-0.05, 0) is 37.5 Å². The van der Waals surface area contributed by atoms with Crippen LogP contribution in [0.3, 0.4) is 0 Å². The molecule has 0 bridgehead atoms. The van der Waals surface area contributed by atoms with Crippen LogP contribution in [0.4, 0.5) is 0 Å². The quantitative estimate of drug-likeness (QED) is 0.841. The van der Waals surface area contributed by atoms with Gasteiger partial charge in [-0.1, -0.05) is 26.3 Å². The highest BCUT2D eigenvalue weighted by Crippen LogP contribution is 2.16. The van der Waals surface area contributed by atoms with Crippen molar-refractivity contribution < 1.29 is 13.2 Å². The average Bonchev–Trinajstić information content (AvgIpc) is 2.37. The Morgan fingerprint density at radius 2 is 2.00 bits per heavy atom. The van der Waals surface area contributed by atoms with Crippen LogP contribution >= 0.6 is 0 Å². The molecule has 1 aromatic rings. The first-order valence-corrected chi connectivity index (χ1v) is 8.28. The summed E-state index contributed by atoms with van der Waals surface area (Å²) in [5.74, 6) is -0.268. The Kier molecular flexibility index (Phi) is 5.71. The summed E-state index contributed by atoms with van der Waals surface area (Å²) in [7, 11) is -3.81. The number of aryl methyl sites for hydroxylation is 1. The maximum absolute atomic E-state index is 12.1. The third-order valence-corrected chi connectivity index (χ3v) is 4.27. The molecular formula is C14H22N2O3S. The number of primary sulfonamides is 1. The van der Waals surface area contributed by atoms with Crippen LogP contribution in [-0.4, -0.2) is 20.4 Å². The first kappa shape index (κ1) is 16.7. The smallest absolute Gasteiger partial charge is 0.251 e. The van der Waals surface area contributed by atoms with Crippen molar-refractivity contribution in [2.75, 3.05) is 0 Å². The Hall–Kier alpha value is -1.40. The van der Waals surface area contributed by atoms with Crippen molar-refractivity contribution in [3.63, 3.8) is 0 Å². The number of nitrogens with one attached hydrogen (secondary N) is 1. The van der Waals surface area contributed by atoms with Crippen molar-refractivity contribution in [3.05, 3.63) is 29.3 Å². The number of benzene rings is 1. The lowest BCUT2D eigenvalue weighted by Crippen LogP contribution is -2.34. The molecule has 0 spiro atoms. The highest BCUT2D eigenvalue weighted by Gasteiger charge is 2.16. The predicted octanol–water partition coefficient (Wildman–Crippen LogP) is 1.95. The highest BCUT2D eigenvalue weighted by atomic mass is 32.2. The van der Waals surface area contributed by atoms with Crippen LogP contribution in [0.2, 0.25) is 0 Å². The minimum atomic E-state index is -3.81. The van der Waals surface area contributed by atoms with Gasteiger partial charge in [0.2, 0.25) is 10.0 Å². The van der Waals surface area contributed by atoms with Crippen molar-refractivity contribution in [2.45, 2.75) is 51.0 Å². The molecule has 1 amide bonds. The van der Waals surface area contributed by atoms with E-state index in [1.165, 1.54) is 6.07 Å². The molecule has 0 fully saturated rings. The Labute approximate surface area is 120 Å². The van der Waals surface area contributed by atoms with Crippen LogP contribution in [0.15, 0.2) is 23.1 Å².